The van der Waals surface area contributed by atoms with Gasteiger partial charge < -0.3 is 10.1 Å². The molecule has 0 atom stereocenters. The molecule has 0 bridgehead atoms. The first kappa shape index (κ1) is 23.6. The van der Waals surface area contributed by atoms with Gasteiger partial charge in [-0.25, -0.2) is 22.9 Å². The first-order valence-electron chi connectivity index (χ1n) is 9.72. The zero-order valence-corrected chi connectivity index (χ0v) is 18.3. The first-order chi connectivity index (χ1) is 15.0. The number of halogens is 4. The van der Waals surface area contributed by atoms with Gasteiger partial charge in [-0.1, -0.05) is 17.7 Å². The third kappa shape index (κ3) is 5.40. The van der Waals surface area contributed by atoms with Crippen molar-refractivity contribution in [1.29, 1.82) is 0 Å². The van der Waals surface area contributed by atoms with Gasteiger partial charge in [0.05, 0.1) is 11.2 Å². The van der Waals surface area contributed by atoms with Gasteiger partial charge in [-0.05, 0) is 51.1 Å². The quantitative estimate of drug-likeness (QED) is 0.561. The molecule has 0 fully saturated rings. The zero-order valence-electron chi connectivity index (χ0n) is 17.6. The maximum Gasteiger partial charge on any atom is 0.407 e. The van der Waals surface area contributed by atoms with Gasteiger partial charge in [-0.2, -0.15) is 0 Å². The summed E-state index contributed by atoms with van der Waals surface area (Å²) in [6, 6.07) is 7.48. The lowest BCUT2D eigenvalue weighted by atomic mass is 10.1. The fourth-order valence-electron chi connectivity index (χ4n) is 3.11. The molecule has 0 saturated carbocycles. The van der Waals surface area contributed by atoms with Crippen LogP contribution in [0.25, 0.3) is 16.6 Å². The van der Waals surface area contributed by atoms with Crippen molar-refractivity contribution in [2.75, 3.05) is 6.54 Å². The van der Waals surface area contributed by atoms with Gasteiger partial charge >= 0.3 is 6.09 Å². The summed E-state index contributed by atoms with van der Waals surface area (Å²) in [4.78, 5) is 29.5. The summed E-state index contributed by atoms with van der Waals surface area (Å²) in [6.07, 6.45) is -3.45. The Bertz CT molecular complexity index is 1220. The molecule has 10 heteroatoms. The number of carbonyl (C=O) groups is 1. The number of ether oxygens (including phenoxy) is 1. The van der Waals surface area contributed by atoms with Crippen LogP contribution in [0, 0.1) is 5.82 Å². The topological polar surface area (TPSA) is 73.2 Å². The largest absolute Gasteiger partial charge is 0.444 e. The van der Waals surface area contributed by atoms with E-state index < -0.39 is 35.1 Å². The summed E-state index contributed by atoms with van der Waals surface area (Å²) in [5, 5.41) is 2.25. The monoisotopic (exact) mass is 467 g/mol. The van der Waals surface area contributed by atoms with Crippen LogP contribution < -0.4 is 10.9 Å². The van der Waals surface area contributed by atoms with Gasteiger partial charge in [-0.3, -0.25) is 9.36 Å². The van der Waals surface area contributed by atoms with Gasteiger partial charge in [0.15, 0.2) is 0 Å². The van der Waals surface area contributed by atoms with Gasteiger partial charge in [-0.15, -0.1) is 0 Å². The number of nitrogens with zero attached hydrogens (tertiary/aromatic N) is 2. The fourth-order valence-corrected chi connectivity index (χ4v) is 3.35. The predicted octanol–water partition coefficient (Wildman–Crippen LogP) is 5.18. The van der Waals surface area contributed by atoms with Crippen LogP contribution in [0.1, 0.15) is 38.6 Å². The molecule has 6 nitrogen and oxygen atoms in total. The van der Waals surface area contributed by atoms with Crippen molar-refractivity contribution < 1.29 is 22.7 Å². The lowest BCUT2D eigenvalue weighted by Crippen LogP contribution is -2.34. The van der Waals surface area contributed by atoms with Gasteiger partial charge in [0.1, 0.15) is 22.6 Å². The van der Waals surface area contributed by atoms with Crippen molar-refractivity contribution in [1.82, 2.24) is 14.9 Å². The molecule has 0 radical (unpaired) electrons. The number of benzene rings is 2. The molecule has 3 rings (SSSR count). The Kier molecular flexibility index (Phi) is 6.78. The van der Waals surface area contributed by atoms with E-state index in [9.17, 15) is 22.8 Å². The number of alkyl halides is 2. The third-order valence-electron chi connectivity index (χ3n) is 4.35. The highest BCUT2D eigenvalue weighted by atomic mass is 35.5. The second-order valence-corrected chi connectivity index (χ2v) is 8.46. The lowest BCUT2D eigenvalue weighted by molar-refractivity contribution is 0.0528. The fraction of sp³-hybridized carbons (Fsp3) is 0.318. The van der Waals surface area contributed by atoms with Crippen molar-refractivity contribution in [3.05, 3.63) is 69.0 Å². The Morgan fingerprint density at radius 2 is 1.97 bits per heavy atom. The van der Waals surface area contributed by atoms with E-state index in [-0.39, 0.29) is 40.4 Å². The summed E-state index contributed by atoms with van der Waals surface area (Å²) in [6.45, 7) is 5.17. The summed E-state index contributed by atoms with van der Waals surface area (Å²) in [7, 11) is 0. The van der Waals surface area contributed by atoms with Crippen LogP contribution in [0.15, 0.2) is 41.2 Å². The Hall–Kier alpha value is -3.07. The minimum atomic E-state index is -2.83. The summed E-state index contributed by atoms with van der Waals surface area (Å²) >= 11 is 5.99. The molecule has 1 heterocycles. The average molecular weight is 468 g/mol. The molecule has 32 heavy (non-hydrogen) atoms. The summed E-state index contributed by atoms with van der Waals surface area (Å²) < 4.78 is 47.2. The van der Waals surface area contributed by atoms with Crippen molar-refractivity contribution in [2.24, 2.45) is 0 Å². The Morgan fingerprint density at radius 3 is 2.62 bits per heavy atom. The maximum absolute atomic E-state index is 14.4. The predicted molar refractivity (Wildman–Crippen MR) is 115 cm³/mol. The van der Waals surface area contributed by atoms with Crippen LogP contribution >= 0.6 is 11.6 Å². The Balaban J connectivity index is 2.08. The molecular weight excluding hydrogens is 447 g/mol. The van der Waals surface area contributed by atoms with E-state index in [4.69, 9.17) is 16.3 Å². The summed E-state index contributed by atoms with van der Waals surface area (Å²) in [5.41, 5.74) is -1.75. The average Bonchev–Trinajstić information content (AvgIpc) is 2.66. The third-order valence-corrected chi connectivity index (χ3v) is 4.57. The molecular formula is C22H21ClF3N3O3. The van der Waals surface area contributed by atoms with E-state index in [2.05, 4.69) is 10.3 Å². The number of hydrogen-bond acceptors (Lipinski definition) is 4. The van der Waals surface area contributed by atoms with Crippen LogP contribution in [0.4, 0.5) is 18.0 Å². The highest BCUT2D eigenvalue weighted by Gasteiger charge is 2.19. The number of rotatable bonds is 5. The van der Waals surface area contributed by atoms with E-state index >= 15 is 0 Å². The van der Waals surface area contributed by atoms with E-state index in [1.54, 1.807) is 20.8 Å². The number of carbonyl (C=O) groups excluding carboxylic acids is 1. The van der Waals surface area contributed by atoms with Gasteiger partial charge in [0, 0.05) is 23.6 Å². The highest BCUT2D eigenvalue weighted by Crippen LogP contribution is 2.26. The number of fused-ring (bicyclic) bond motifs is 1. The van der Waals surface area contributed by atoms with Crippen LogP contribution in [-0.2, 0) is 11.2 Å². The minimum Gasteiger partial charge on any atom is -0.444 e. The van der Waals surface area contributed by atoms with Gasteiger partial charge in [0.2, 0.25) is 0 Å². The molecule has 0 spiro atoms. The second-order valence-electron chi connectivity index (χ2n) is 8.02. The molecule has 1 aromatic heterocycles. The van der Waals surface area contributed by atoms with Crippen LogP contribution in [0.5, 0.6) is 0 Å². The molecule has 3 aromatic rings. The SMILES string of the molecule is CC(C)(C)OC(=O)NCCc1nc2cccc(F)c2c(=O)n1-c1cc(Cl)cc(C(F)F)c1. The molecule has 170 valence electrons. The van der Waals surface area contributed by atoms with Crippen molar-refractivity contribution in [3.8, 4) is 5.69 Å². The van der Waals surface area contributed by atoms with Crippen LogP contribution in [0.3, 0.4) is 0 Å². The molecule has 1 amide bonds. The molecule has 0 unspecified atom stereocenters. The molecule has 0 saturated heterocycles. The smallest absolute Gasteiger partial charge is 0.407 e. The molecule has 0 aliphatic rings. The van der Waals surface area contributed by atoms with Gasteiger partial charge in [0.25, 0.3) is 12.0 Å². The zero-order chi connectivity index (χ0) is 23.6. The Morgan fingerprint density at radius 1 is 1.25 bits per heavy atom. The van der Waals surface area contributed by atoms with Crippen molar-refractivity contribution >= 4 is 28.6 Å². The Labute approximate surface area is 187 Å². The van der Waals surface area contributed by atoms with E-state index in [1.165, 1.54) is 18.2 Å². The molecule has 0 aliphatic carbocycles. The standard InChI is InChI=1S/C22H21ClF3N3O3/c1-22(2,3)32-21(31)27-8-7-17-28-16-6-4-5-15(24)18(16)20(30)29(17)14-10-12(19(25)26)9-13(23)11-14/h4-6,9-11,19H,7-8H2,1-3H3,(H,27,31). The lowest BCUT2D eigenvalue weighted by Gasteiger charge is -2.20. The normalized spacial score (nSPS) is 11.8. The highest BCUT2D eigenvalue weighted by molar-refractivity contribution is 6.30. The maximum atomic E-state index is 14.4. The van der Waals surface area contributed by atoms with Crippen molar-refractivity contribution in [3.63, 3.8) is 0 Å². The van der Waals surface area contributed by atoms with E-state index in [0.717, 1.165) is 22.8 Å². The van der Waals surface area contributed by atoms with E-state index in [0.29, 0.717) is 0 Å². The molecule has 0 aliphatic heterocycles. The van der Waals surface area contributed by atoms with E-state index in [1.807, 2.05) is 0 Å². The molecule has 1 N–H and O–H groups in total. The minimum absolute atomic E-state index is 0.0164. The summed E-state index contributed by atoms with van der Waals surface area (Å²) in [5.74, 6) is -0.657. The number of hydrogen-bond donors (Lipinski definition) is 1. The van der Waals surface area contributed by atoms with Crippen LogP contribution in [0.2, 0.25) is 5.02 Å². The number of aromatic nitrogens is 2. The van der Waals surface area contributed by atoms with Crippen LogP contribution in [-0.4, -0.2) is 27.8 Å². The molecule has 2 aromatic carbocycles. The number of nitrogens with one attached hydrogen (secondary N) is 1. The second kappa shape index (κ2) is 9.20. The number of alkyl carbamates (subject to hydrolysis) is 1. The first-order valence-corrected chi connectivity index (χ1v) is 10.1. The number of amides is 1. The van der Waals surface area contributed by atoms with Crippen molar-refractivity contribution in [2.45, 2.75) is 39.2 Å².